The summed E-state index contributed by atoms with van der Waals surface area (Å²) in [5, 5.41) is 3.92. The molecule has 1 unspecified atom stereocenters. The number of thioether (sulfide) groups is 1. The van der Waals surface area contributed by atoms with Crippen LogP contribution >= 0.6 is 11.8 Å². The number of fused-ring (bicyclic) bond motifs is 1. The quantitative estimate of drug-likeness (QED) is 0.868. The second-order valence-electron chi connectivity index (χ2n) is 4.40. The van der Waals surface area contributed by atoms with E-state index in [4.69, 9.17) is 0 Å². The molecule has 1 aliphatic rings. The Morgan fingerprint density at radius 2 is 2.31 bits per heavy atom. The van der Waals surface area contributed by atoms with Gasteiger partial charge in [0, 0.05) is 29.8 Å². The molecular weight excluding hydrogens is 216 g/mol. The van der Waals surface area contributed by atoms with Crippen LogP contribution in [0.25, 0.3) is 0 Å². The number of hydrogen-bond donors (Lipinski definition) is 1. The lowest BCUT2D eigenvalue weighted by atomic mass is 10.1. The maximum absolute atomic E-state index is 3.23. The van der Waals surface area contributed by atoms with E-state index >= 15 is 0 Å². The molecule has 0 aromatic heterocycles. The van der Waals surface area contributed by atoms with Gasteiger partial charge < -0.3 is 10.2 Å². The molecule has 0 saturated heterocycles. The van der Waals surface area contributed by atoms with Gasteiger partial charge in [0.2, 0.25) is 0 Å². The van der Waals surface area contributed by atoms with Crippen LogP contribution in [-0.4, -0.2) is 31.9 Å². The van der Waals surface area contributed by atoms with Crippen LogP contribution in [0, 0.1) is 6.92 Å². The summed E-state index contributed by atoms with van der Waals surface area (Å²) in [7, 11) is 2.01. The fourth-order valence-corrected chi connectivity index (χ4v) is 3.48. The third-order valence-electron chi connectivity index (χ3n) is 2.95. The second-order valence-corrected chi connectivity index (χ2v) is 5.88. The molecule has 2 rings (SSSR count). The van der Waals surface area contributed by atoms with Crippen molar-refractivity contribution in [3.05, 3.63) is 23.8 Å². The van der Waals surface area contributed by atoms with Gasteiger partial charge in [-0.1, -0.05) is 19.1 Å². The standard InChI is InChI=1S/C13H20N2S/c1-10-5-4-6-12-13(10)15(8-7-14-3)9-11(2)16-12/h4-6,11,14H,7-9H2,1-3H3. The molecule has 3 heteroatoms. The predicted molar refractivity (Wildman–Crippen MR) is 72.6 cm³/mol. The van der Waals surface area contributed by atoms with Crippen molar-refractivity contribution in [2.24, 2.45) is 0 Å². The minimum absolute atomic E-state index is 0.686. The highest BCUT2D eigenvalue weighted by Crippen LogP contribution is 2.39. The first-order valence-corrected chi connectivity index (χ1v) is 6.76. The molecule has 0 saturated carbocycles. The van der Waals surface area contributed by atoms with Crippen LogP contribution in [0.4, 0.5) is 5.69 Å². The first-order valence-electron chi connectivity index (χ1n) is 5.88. The number of likely N-dealkylation sites (N-methyl/N-ethyl adjacent to an activating group) is 1. The number of nitrogens with one attached hydrogen (secondary N) is 1. The maximum Gasteiger partial charge on any atom is 0.0535 e. The lowest BCUT2D eigenvalue weighted by molar-refractivity contribution is 0.702. The third-order valence-corrected chi connectivity index (χ3v) is 4.09. The lowest BCUT2D eigenvalue weighted by Gasteiger charge is -2.35. The molecule has 1 heterocycles. The molecule has 16 heavy (non-hydrogen) atoms. The summed E-state index contributed by atoms with van der Waals surface area (Å²) >= 11 is 2.00. The molecule has 0 fully saturated rings. The SMILES string of the molecule is CNCCN1CC(C)Sc2cccc(C)c21. The van der Waals surface area contributed by atoms with Crippen LogP contribution in [0.5, 0.6) is 0 Å². The molecular formula is C13H20N2S. The van der Waals surface area contributed by atoms with Crippen molar-refractivity contribution in [3.63, 3.8) is 0 Å². The van der Waals surface area contributed by atoms with Crippen molar-refractivity contribution in [3.8, 4) is 0 Å². The van der Waals surface area contributed by atoms with Gasteiger partial charge in [0.1, 0.15) is 0 Å². The number of rotatable bonds is 3. The van der Waals surface area contributed by atoms with E-state index in [2.05, 4.69) is 42.3 Å². The van der Waals surface area contributed by atoms with Gasteiger partial charge in [-0.05, 0) is 25.6 Å². The second kappa shape index (κ2) is 5.11. The molecule has 88 valence electrons. The topological polar surface area (TPSA) is 15.3 Å². The van der Waals surface area contributed by atoms with Gasteiger partial charge in [-0.3, -0.25) is 0 Å². The molecule has 2 nitrogen and oxygen atoms in total. The third kappa shape index (κ3) is 2.36. The fraction of sp³-hybridized carbons (Fsp3) is 0.538. The summed E-state index contributed by atoms with van der Waals surface area (Å²) in [4.78, 5) is 3.96. The van der Waals surface area contributed by atoms with E-state index < -0.39 is 0 Å². The van der Waals surface area contributed by atoms with Crippen molar-refractivity contribution in [1.82, 2.24) is 5.32 Å². The van der Waals surface area contributed by atoms with Gasteiger partial charge >= 0.3 is 0 Å². The highest BCUT2D eigenvalue weighted by atomic mass is 32.2. The lowest BCUT2D eigenvalue weighted by Crippen LogP contribution is -2.38. The maximum atomic E-state index is 3.23. The minimum Gasteiger partial charge on any atom is -0.368 e. The van der Waals surface area contributed by atoms with Crippen molar-refractivity contribution in [2.45, 2.75) is 24.0 Å². The summed E-state index contributed by atoms with van der Waals surface area (Å²) < 4.78 is 0. The van der Waals surface area contributed by atoms with Crippen molar-refractivity contribution in [2.75, 3.05) is 31.6 Å². The van der Waals surface area contributed by atoms with Gasteiger partial charge in [-0.2, -0.15) is 0 Å². The van der Waals surface area contributed by atoms with E-state index in [1.165, 1.54) is 16.1 Å². The molecule has 1 aromatic rings. The Kier molecular flexibility index (Phi) is 3.77. The molecule has 1 aromatic carbocycles. The van der Waals surface area contributed by atoms with Crippen LogP contribution in [0.15, 0.2) is 23.1 Å². The minimum atomic E-state index is 0.686. The number of anilines is 1. The predicted octanol–water partition coefficient (Wildman–Crippen LogP) is 2.52. The van der Waals surface area contributed by atoms with Gasteiger partial charge in [0.15, 0.2) is 0 Å². The average molecular weight is 236 g/mol. The summed E-state index contributed by atoms with van der Waals surface area (Å²) in [5.41, 5.74) is 2.84. The highest BCUT2D eigenvalue weighted by molar-refractivity contribution is 8.00. The smallest absolute Gasteiger partial charge is 0.0535 e. The van der Waals surface area contributed by atoms with Crippen LogP contribution in [-0.2, 0) is 0 Å². The Labute approximate surface area is 102 Å². The molecule has 0 bridgehead atoms. The van der Waals surface area contributed by atoms with Gasteiger partial charge in [0.05, 0.1) is 5.69 Å². The number of aryl methyl sites for hydroxylation is 1. The molecule has 0 aliphatic carbocycles. The van der Waals surface area contributed by atoms with E-state index in [1.54, 1.807) is 0 Å². The van der Waals surface area contributed by atoms with Gasteiger partial charge in [0.25, 0.3) is 0 Å². The fourth-order valence-electron chi connectivity index (χ4n) is 2.24. The summed E-state index contributed by atoms with van der Waals surface area (Å²) in [6.07, 6.45) is 0. The van der Waals surface area contributed by atoms with E-state index in [-0.39, 0.29) is 0 Å². The Hall–Kier alpha value is -0.670. The zero-order valence-electron chi connectivity index (χ0n) is 10.3. The molecule has 0 amide bonds. The molecule has 0 spiro atoms. The monoisotopic (exact) mass is 236 g/mol. The number of hydrogen-bond acceptors (Lipinski definition) is 3. The van der Waals surface area contributed by atoms with Crippen LogP contribution in [0.1, 0.15) is 12.5 Å². The number of nitrogens with zero attached hydrogens (tertiary/aromatic N) is 1. The van der Waals surface area contributed by atoms with Crippen molar-refractivity contribution < 1.29 is 0 Å². The zero-order chi connectivity index (χ0) is 11.5. The van der Waals surface area contributed by atoms with Gasteiger partial charge in [-0.25, -0.2) is 0 Å². The molecule has 1 atom stereocenters. The van der Waals surface area contributed by atoms with E-state index in [0.717, 1.165) is 19.6 Å². The van der Waals surface area contributed by atoms with Crippen LogP contribution in [0.3, 0.4) is 0 Å². The molecule has 1 aliphatic heterocycles. The van der Waals surface area contributed by atoms with Crippen LogP contribution in [0.2, 0.25) is 0 Å². The van der Waals surface area contributed by atoms with Crippen molar-refractivity contribution in [1.29, 1.82) is 0 Å². The Balaban J connectivity index is 2.28. The van der Waals surface area contributed by atoms with E-state index in [1.807, 2.05) is 18.8 Å². The first kappa shape index (κ1) is 11.8. The Morgan fingerprint density at radius 3 is 3.06 bits per heavy atom. The Morgan fingerprint density at radius 1 is 1.50 bits per heavy atom. The highest BCUT2D eigenvalue weighted by Gasteiger charge is 2.22. The largest absolute Gasteiger partial charge is 0.368 e. The summed E-state index contributed by atoms with van der Waals surface area (Å²) in [5.74, 6) is 0. The Bertz CT molecular complexity index is 365. The molecule has 1 N–H and O–H groups in total. The summed E-state index contributed by atoms with van der Waals surface area (Å²) in [6, 6.07) is 6.62. The first-order chi connectivity index (χ1) is 7.72. The summed E-state index contributed by atoms with van der Waals surface area (Å²) in [6.45, 7) is 7.82. The molecule has 0 radical (unpaired) electrons. The number of benzene rings is 1. The average Bonchev–Trinajstić information content (AvgIpc) is 2.25. The zero-order valence-corrected chi connectivity index (χ0v) is 11.1. The van der Waals surface area contributed by atoms with E-state index in [0.29, 0.717) is 5.25 Å². The number of para-hydroxylation sites is 1. The van der Waals surface area contributed by atoms with E-state index in [9.17, 15) is 0 Å². The van der Waals surface area contributed by atoms with Crippen molar-refractivity contribution >= 4 is 17.4 Å². The normalized spacial score (nSPS) is 19.7. The van der Waals surface area contributed by atoms with Gasteiger partial charge in [-0.15, -0.1) is 11.8 Å². The van der Waals surface area contributed by atoms with Crippen LogP contribution < -0.4 is 10.2 Å².